The van der Waals surface area contributed by atoms with Gasteiger partial charge < -0.3 is 31.9 Å². The van der Waals surface area contributed by atoms with Crippen LogP contribution < -0.4 is 31.9 Å². The molecule has 12 nitrogen and oxygen atoms in total. The van der Waals surface area contributed by atoms with Gasteiger partial charge in [0, 0.05) is 110 Å². The van der Waals surface area contributed by atoms with E-state index in [-0.39, 0.29) is 16.8 Å². The Morgan fingerprint density at radius 2 is 0.871 bits per heavy atom. The fourth-order valence-electron chi connectivity index (χ4n) is 7.27. The summed E-state index contributed by atoms with van der Waals surface area (Å²) < 4.78 is 56.5. The Bertz CT molecular complexity index is 3510. The fraction of sp³-hybridized carbons (Fsp3) is 0. The number of fused-ring (bicyclic) bond motifs is 2. The standard InChI is InChI=1S/2C27H19F2N5O/c28-18-5-7-24-22(15-18)25(10-13-31-24)34-26-14-17(4-6-23(26)29)27(35)33-21-3-1-2-20(16-21)32-19-8-11-30-12-9-19;28-18-4-5-25-24(15-18)26(8-11-31-25)33-23-13-17(12-19(29)14-23)27(35)34-22-3-1-2-21(16-22)32-20-6-9-30-10-7-20/h1-16H,(H,30,32)(H,31,34)(H,33,35);1-16H,(H,30,32)(H,31,33)(H,34,35). The van der Waals surface area contributed by atoms with Crippen LogP contribution >= 0.6 is 0 Å². The van der Waals surface area contributed by atoms with Crippen LogP contribution in [0.4, 0.5) is 74.4 Å². The molecule has 70 heavy (non-hydrogen) atoms. The van der Waals surface area contributed by atoms with E-state index in [1.807, 2.05) is 42.5 Å². The first kappa shape index (κ1) is 45.5. The van der Waals surface area contributed by atoms with E-state index in [1.165, 1.54) is 54.6 Å². The van der Waals surface area contributed by atoms with Crippen LogP contribution in [0.15, 0.2) is 195 Å². The van der Waals surface area contributed by atoms with Crippen molar-refractivity contribution in [3.05, 3.63) is 229 Å². The molecule has 16 heteroatoms. The maximum Gasteiger partial charge on any atom is 0.255 e. The van der Waals surface area contributed by atoms with E-state index in [0.29, 0.717) is 50.2 Å². The Morgan fingerprint density at radius 3 is 1.43 bits per heavy atom. The van der Waals surface area contributed by atoms with Crippen molar-refractivity contribution in [2.24, 2.45) is 0 Å². The average molecular weight is 935 g/mol. The summed E-state index contributed by atoms with van der Waals surface area (Å²) in [5, 5.41) is 19.2. The van der Waals surface area contributed by atoms with Crippen molar-refractivity contribution in [1.82, 2.24) is 19.9 Å². The van der Waals surface area contributed by atoms with Crippen LogP contribution in [0.25, 0.3) is 21.8 Å². The topological polar surface area (TPSA) is 158 Å². The number of rotatable bonds is 12. The third-order valence-electron chi connectivity index (χ3n) is 10.5. The van der Waals surface area contributed by atoms with E-state index >= 15 is 0 Å². The molecule has 0 aliphatic rings. The first-order valence-corrected chi connectivity index (χ1v) is 21.5. The summed E-state index contributed by atoms with van der Waals surface area (Å²) in [6.07, 6.45) is 9.83. The molecule has 2 amide bonds. The van der Waals surface area contributed by atoms with E-state index in [2.05, 4.69) is 51.8 Å². The van der Waals surface area contributed by atoms with Gasteiger partial charge in [0.25, 0.3) is 11.8 Å². The molecule has 0 spiro atoms. The van der Waals surface area contributed by atoms with Crippen molar-refractivity contribution < 1.29 is 27.2 Å². The Kier molecular flexibility index (Phi) is 13.5. The number of hydrogen-bond acceptors (Lipinski definition) is 10. The zero-order valence-corrected chi connectivity index (χ0v) is 36.6. The highest BCUT2D eigenvalue weighted by molar-refractivity contribution is 6.06. The summed E-state index contributed by atoms with van der Waals surface area (Å²) in [6, 6.07) is 41.4. The van der Waals surface area contributed by atoms with Gasteiger partial charge in [-0.15, -0.1) is 0 Å². The number of halogens is 4. The molecule has 4 heterocycles. The van der Waals surface area contributed by atoms with Gasteiger partial charge in [-0.1, -0.05) is 12.1 Å². The number of carbonyl (C=O) groups is 2. The Balaban J connectivity index is 0.000000174. The maximum absolute atomic E-state index is 14.6. The number of benzene rings is 6. The number of hydrogen-bond donors (Lipinski definition) is 6. The highest BCUT2D eigenvalue weighted by Crippen LogP contribution is 2.30. The number of amides is 2. The van der Waals surface area contributed by atoms with Gasteiger partial charge >= 0.3 is 0 Å². The van der Waals surface area contributed by atoms with Gasteiger partial charge in [-0.2, -0.15) is 0 Å². The predicted octanol–water partition coefficient (Wildman–Crippen LogP) is 13.3. The van der Waals surface area contributed by atoms with Crippen molar-refractivity contribution in [2.45, 2.75) is 0 Å². The van der Waals surface area contributed by atoms with Gasteiger partial charge in [-0.3, -0.25) is 29.5 Å². The van der Waals surface area contributed by atoms with E-state index in [9.17, 15) is 27.2 Å². The van der Waals surface area contributed by atoms with Crippen molar-refractivity contribution in [3.8, 4) is 0 Å². The lowest BCUT2D eigenvalue weighted by molar-refractivity contribution is 0.101. The smallest absolute Gasteiger partial charge is 0.255 e. The quantitative estimate of drug-likeness (QED) is 0.0652. The molecule has 10 rings (SSSR count). The van der Waals surface area contributed by atoms with E-state index in [4.69, 9.17) is 0 Å². The van der Waals surface area contributed by atoms with Crippen LogP contribution in [-0.2, 0) is 0 Å². The Hall–Kier alpha value is -9.70. The molecule has 10 aromatic rings. The largest absolute Gasteiger partial charge is 0.355 e. The van der Waals surface area contributed by atoms with E-state index < -0.39 is 35.1 Å². The predicted molar refractivity (Wildman–Crippen MR) is 267 cm³/mol. The number of pyridine rings is 4. The van der Waals surface area contributed by atoms with Gasteiger partial charge in [-0.25, -0.2) is 17.6 Å². The van der Waals surface area contributed by atoms with E-state index in [0.717, 1.165) is 28.8 Å². The summed E-state index contributed by atoms with van der Waals surface area (Å²) in [5.74, 6) is -2.85. The van der Waals surface area contributed by atoms with Gasteiger partial charge in [0.2, 0.25) is 0 Å². The lowest BCUT2D eigenvalue weighted by atomic mass is 10.1. The number of aromatic nitrogens is 4. The summed E-state index contributed by atoms with van der Waals surface area (Å²) in [6.45, 7) is 0. The second-order valence-corrected chi connectivity index (χ2v) is 15.5. The SMILES string of the molecule is O=C(Nc1cccc(Nc2ccncc2)c1)c1cc(F)cc(Nc2ccnc3ccc(F)cc23)c1.O=C(Nc1cccc(Nc2ccncc2)c1)c1ccc(F)c(Nc2ccnc3ccc(F)cc23)c1. The van der Waals surface area contributed by atoms with Crippen molar-refractivity contribution in [3.63, 3.8) is 0 Å². The first-order valence-electron chi connectivity index (χ1n) is 21.5. The molecule has 6 N–H and O–H groups in total. The molecule has 0 fully saturated rings. The minimum absolute atomic E-state index is 0.0857. The molecule has 0 bridgehead atoms. The van der Waals surface area contributed by atoms with Crippen LogP contribution in [0.1, 0.15) is 20.7 Å². The molecule has 0 saturated carbocycles. The summed E-state index contributed by atoms with van der Waals surface area (Å²) in [5.41, 5.74) is 7.37. The van der Waals surface area contributed by atoms with Crippen LogP contribution in [-0.4, -0.2) is 31.8 Å². The van der Waals surface area contributed by atoms with Crippen LogP contribution in [0.3, 0.4) is 0 Å². The van der Waals surface area contributed by atoms with Gasteiger partial charge in [-0.05, 0) is 146 Å². The molecule has 0 aliphatic heterocycles. The zero-order valence-electron chi connectivity index (χ0n) is 36.6. The van der Waals surface area contributed by atoms with Crippen LogP contribution in [0.2, 0.25) is 0 Å². The third kappa shape index (κ3) is 11.4. The minimum atomic E-state index is -0.585. The summed E-state index contributed by atoms with van der Waals surface area (Å²) in [7, 11) is 0. The number of anilines is 10. The Labute approximate surface area is 397 Å². The zero-order chi connectivity index (χ0) is 48.4. The number of carbonyl (C=O) groups excluding carboxylic acids is 2. The molecule has 0 aliphatic carbocycles. The highest BCUT2D eigenvalue weighted by Gasteiger charge is 2.15. The summed E-state index contributed by atoms with van der Waals surface area (Å²) in [4.78, 5) is 42.2. The highest BCUT2D eigenvalue weighted by atomic mass is 19.1. The Morgan fingerprint density at radius 1 is 0.357 bits per heavy atom. The van der Waals surface area contributed by atoms with E-state index in [1.54, 1.807) is 91.8 Å². The molecule has 6 aromatic carbocycles. The summed E-state index contributed by atoms with van der Waals surface area (Å²) >= 11 is 0. The van der Waals surface area contributed by atoms with Gasteiger partial charge in [0.1, 0.15) is 23.3 Å². The van der Waals surface area contributed by atoms with Crippen LogP contribution in [0.5, 0.6) is 0 Å². The lowest BCUT2D eigenvalue weighted by Gasteiger charge is -2.13. The minimum Gasteiger partial charge on any atom is -0.355 e. The monoisotopic (exact) mass is 934 g/mol. The normalized spacial score (nSPS) is 10.7. The molecule has 344 valence electrons. The fourth-order valence-corrected chi connectivity index (χ4v) is 7.27. The van der Waals surface area contributed by atoms with Crippen molar-refractivity contribution >= 4 is 90.5 Å². The molecular formula is C54H38F4N10O2. The second-order valence-electron chi connectivity index (χ2n) is 15.5. The maximum atomic E-state index is 14.6. The molecule has 0 unspecified atom stereocenters. The van der Waals surface area contributed by atoms with Gasteiger partial charge in [0.15, 0.2) is 0 Å². The van der Waals surface area contributed by atoms with Crippen molar-refractivity contribution in [1.29, 1.82) is 0 Å². The second kappa shape index (κ2) is 20.9. The third-order valence-corrected chi connectivity index (χ3v) is 10.5. The molecule has 0 radical (unpaired) electrons. The van der Waals surface area contributed by atoms with Crippen LogP contribution in [0, 0.1) is 23.3 Å². The molecule has 0 saturated heterocycles. The average Bonchev–Trinajstić information content (AvgIpc) is 3.36. The molecule has 0 atom stereocenters. The molecular weight excluding hydrogens is 897 g/mol. The lowest BCUT2D eigenvalue weighted by Crippen LogP contribution is -2.12. The first-order chi connectivity index (χ1) is 34.1. The van der Waals surface area contributed by atoms with Crippen molar-refractivity contribution in [2.75, 3.05) is 31.9 Å². The number of nitrogens with zero attached hydrogens (tertiary/aromatic N) is 4. The van der Waals surface area contributed by atoms with Gasteiger partial charge in [0.05, 0.1) is 16.7 Å². The molecule has 4 aromatic heterocycles. The number of nitrogens with one attached hydrogen (secondary N) is 6.